The highest BCUT2D eigenvalue weighted by atomic mass is 16.1. The molecule has 0 bridgehead atoms. The fourth-order valence-corrected chi connectivity index (χ4v) is 3.44. The number of allylic oxidation sites excluding steroid dienone is 2. The second-order valence-electron chi connectivity index (χ2n) is 6.25. The van der Waals surface area contributed by atoms with E-state index in [1.165, 1.54) is 0 Å². The Balaban J connectivity index is 1.74. The van der Waals surface area contributed by atoms with E-state index in [1.54, 1.807) is 6.20 Å². The Morgan fingerprint density at radius 2 is 2.26 bits per heavy atom. The van der Waals surface area contributed by atoms with E-state index in [0.717, 1.165) is 23.4 Å². The molecule has 1 aromatic rings. The van der Waals surface area contributed by atoms with Gasteiger partial charge < -0.3 is 5.32 Å². The van der Waals surface area contributed by atoms with Crippen molar-refractivity contribution in [3.63, 3.8) is 0 Å². The van der Waals surface area contributed by atoms with Crippen molar-refractivity contribution in [3.05, 3.63) is 41.4 Å². The summed E-state index contributed by atoms with van der Waals surface area (Å²) in [7, 11) is 0. The maximum absolute atomic E-state index is 12.0. The van der Waals surface area contributed by atoms with Crippen LogP contribution in [0, 0.1) is 17.3 Å². The van der Waals surface area contributed by atoms with Crippen LogP contribution in [-0.4, -0.2) is 10.8 Å². The number of hydrogen-bond donors (Lipinski definition) is 1. The molecule has 0 saturated heterocycles. The van der Waals surface area contributed by atoms with Gasteiger partial charge in [0.25, 0.3) is 0 Å². The van der Waals surface area contributed by atoms with Gasteiger partial charge >= 0.3 is 0 Å². The summed E-state index contributed by atoms with van der Waals surface area (Å²) in [6.45, 7) is 7.23. The zero-order valence-corrected chi connectivity index (χ0v) is 11.7. The predicted molar refractivity (Wildman–Crippen MR) is 74.2 cm³/mol. The Morgan fingerprint density at radius 1 is 1.47 bits per heavy atom. The van der Waals surface area contributed by atoms with Crippen molar-refractivity contribution in [2.45, 2.75) is 33.7 Å². The molecule has 0 spiro atoms. The lowest BCUT2D eigenvalue weighted by atomic mass is 9.95. The number of hydrogen-bond acceptors (Lipinski definition) is 3. The van der Waals surface area contributed by atoms with Crippen LogP contribution in [0.2, 0.25) is 0 Å². The molecule has 3 rings (SSSR count). The van der Waals surface area contributed by atoms with E-state index in [9.17, 15) is 4.79 Å². The summed E-state index contributed by atoms with van der Waals surface area (Å²) in [5, 5.41) is 3.36. The molecule has 3 nitrogen and oxygen atoms in total. The standard InChI is InChI=1S/C16H20N2O/c1-10(18-9-11-6-4-5-7-17-11)14-13(19)8-12-15(14)16(12,2)3/h4-7,12,15,18H,8-9H2,1-3H3. The first-order valence-electron chi connectivity index (χ1n) is 6.89. The highest BCUT2D eigenvalue weighted by Gasteiger charge is 2.65. The third-order valence-electron chi connectivity index (χ3n) is 4.73. The maximum atomic E-state index is 12.0. The normalized spacial score (nSPS) is 29.9. The zero-order chi connectivity index (χ0) is 13.6. The fourth-order valence-electron chi connectivity index (χ4n) is 3.44. The average molecular weight is 256 g/mol. The lowest BCUT2D eigenvalue weighted by Gasteiger charge is -2.14. The van der Waals surface area contributed by atoms with Crippen LogP contribution < -0.4 is 5.32 Å². The van der Waals surface area contributed by atoms with Crippen molar-refractivity contribution in [1.29, 1.82) is 0 Å². The van der Waals surface area contributed by atoms with Gasteiger partial charge in [-0.15, -0.1) is 0 Å². The minimum atomic E-state index is 0.317. The molecule has 0 aromatic carbocycles. The molecule has 0 aliphatic heterocycles. The van der Waals surface area contributed by atoms with E-state index in [0.29, 0.717) is 29.6 Å². The molecule has 2 fully saturated rings. The van der Waals surface area contributed by atoms with E-state index in [2.05, 4.69) is 24.1 Å². The molecule has 2 aliphatic carbocycles. The molecule has 100 valence electrons. The van der Waals surface area contributed by atoms with Crippen LogP contribution >= 0.6 is 0 Å². The van der Waals surface area contributed by atoms with E-state index in [-0.39, 0.29) is 0 Å². The summed E-state index contributed by atoms with van der Waals surface area (Å²) >= 11 is 0. The molecule has 2 aliphatic rings. The Labute approximate surface area is 114 Å². The first kappa shape index (κ1) is 12.4. The van der Waals surface area contributed by atoms with Gasteiger partial charge in [-0.1, -0.05) is 19.9 Å². The Morgan fingerprint density at radius 3 is 2.89 bits per heavy atom. The minimum absolute atomic E-state index is 0.317. The number of rotatable bonds is 3. The second kappa shape index (κ2) is 4.19. The summed E-state index contributed by atoms with van der Waals surface area (Å²) in [5.74, 6) is 1.37. The Bertz CT molecular complexity index is 545. The summed E-state index contributed by atoms with van der Waals surface area (Å²) in [6, 6.07) is 5.88. The molecule has 1 aromatic heterocycles. The number of nitrogens with zero attached hydrogens (tertiary/aromatic N) is 1. The molecule has 2 unspecified atom stereocenters. The van der Waals surface area contributed by atoms with E-state index < -0.39 is 0 Å². The number of carbonyl (C=O) groups is 1. The molecule has 1 heterocycles. The van der Waals surface area contributed by atoms with Gasteiger partial charge in [0, 0.05) is 23.9 Å². The second-order valence-corrected chi connectivity index (χ2v) is 6.25. The largest absolute Gasteiger partial charge is 0.383 e. The maximum Gasteiger partial charge on any atom is 0.161 e. The topological polar surface area (TPSA) is 42.0 Å². The summed E-state index contributed by atoms with van der Waals surface area (Å²) in [4.78, 5) is 16.3. The molecular formula is C16H20N2O. The van der Waals surface area contributed by atoms with Gasteiger partial charge in [-0.2, -0.15) is 0 Å². The van der Waals surface area contributed by atoms with Gasteiger partial charge in [0.15, 0.2) is 5.78 Å². The first-order valence-corrected chi connectivity index (χ1v) is 6.89. The smallest absolute Gasteiger partial charge is 0.161 e. The van der Waals surface area contributed by atoms with Crippen molar-refractivity contribution in [2.24, 2.45) is 17.3 Å². The van der Waals surface area contributed by atoms with Gasteiger partial charge in [-0.3, -0.25) is 9.78 Å². The average Bonchev–Trinajstić information content (AvgIpc) is 2.74. The van der Waals surface area contributed by atoms with Crippen LogP contribution in [0.4, 0.5) is 0 Å². The lowest BCUT2D eigenvalue weighted by Crippen LogP contribution is -2.18. The van der Waals surface area contributed by atoms with Crippen molar-refractivity contribution in [3.8, 4) is 0 Å². The first-order chi connectivity index (χ1) is 9.01. The molecule has 2 saturated carbocycles. The molecule has 3 heteroatoms. The summed E-state index contributed by atoms with van der Waals surface area (Å²) in [6.07, 6.45) is 2.52. The highest BCUT2D eigenvalue weighted by Crippen LogP contribution is 2.68. The van der Waals surface area contributed by atoms with Crippen molar-refractivity contribution in [1.82, 2.24) is 10.3 Å². The number of fused-ring (bicyclic) bond motifs is 1. The molecular weight excluding hydrogens is 236 g/mol. The monoisotopic (exact) mass is 256 g/mol. The van der Waals surface area contributed by atoms with E-state index >= 15 is 0 Å². The third kappa shape index (κ3) is 1.97. The summed E-state index contributed by atoms with van der Waals surface area (Å²) in [5.41, 5.74) is 3.39. The van der Waals surface area contributed by atoms with E-state index in [4.69, 9.17) is 0 Å². The van der Waals surface area contributed by atoms with Crippen LogP contribution in [0.3, 0.4) is 0 Å². The van der Waals surface area contributed by atoms with Crippen molar-refractivity contribution < 1.29 is 4.79 Å². The number of aromatic nitrogens is 1. The van der Waals surface area contributed by atoms with Gasteiger partial charge in [0.1, 0.15) is 0 Å². The molecule has 19 heavy (non-hydrogen) atoms. The number of ketones is 1. The van der Waals surface area contributed by atoms with Crippen molar-refractivity contribution >= 4 is 5.78 Å². The van der Waals surface area contributed by atoms with Crippen molar-refractivity contribution in [2.75, 3.05) is 0 Å². The molecule has 1 N–H and O–H groups in total. The van der Waals surface area contributed by atoms with Crippen LogP contribution in [0.25, 0.3) is 0 Å². The van der Waals surface area contributed by atoms with Gasteiger partial charge in [-0.25, -0.2) is 0 Å². The highest BCUT2D eigenvalue weighted by molar-refractivity contribution is 6.01. The molecule has 2 atom stereocenters. The number of pyridine rings is 1. The van der Waals surface area contributed by atoms with Gasteiger partial charge in [0.05, 0.1) is 12.2 Å². The molecule has 0 amide bonds. The number of nitrogens with one attached hydrogen (secondary N) is 1. The third-order valence-corrected chi connectivity index (χ3v) is 4.73. The quantitative estimate of drug-likeness (QED) is 0.845. The van der Waals surface area contributed by atoms with Crippen LogP contribution in [0.1, 0.15) is 32.9 Å². The Hall–Kier alpha value is -1.64. The minimum Gasteiger partial charge on any atom is -0.383 e. The van der Waals surface area contributed by atoms with Crippen LogP contribution in [-0.2, 0) is 11.3 Å². The fraction of sp³-hybridized carbons (Fsp3) is 0.500. The molecule has 0 radical (unpaired) electrons. The number of carbonyl (C=O) groups excluding carboxylic acids is 1. The zero-order valence-electron chi connectivity index (χ0n) is 11.7. The Kier molecular flexibility index (Phi) is 2.73. The SMILES string of the molecule is CC(NCc1ccccn1)=C1C(=O)CC2C1C2(C)C. The predicted octanol–water partition coefficient (Wildman–Crippen LogP) is 2.69. The van der Waals surface area contributed by atoms with E-state index in [1.807, 2.05) is 25.1 Å². The van der Waals surface area contributed by atoms with Crippen LogP contribution in [0.15, 0.2) is 35.7 Å². The summed E-state index contributed by atoms with van der Waals surface area (Å²) < 4.78 is 0. The lowest BCUT2D eigenvalue weighted by molar-refractivity contribution is -0.115. The van der Waals surface area contributed by atoms with Gasteiger partial charge in [-0.05, 0) is 36.3 Å². The number of Topliss-reactive ketones (excluding diaryl/α,β-unsaturated/α-hetero) is 1. The van der Waals surface area contributed by atoms with Gasteiger partial charge in [0.2, 0.25) is 0 Å². The van der Waals surface area contributed by atoms with Crippen LogP contribution in [0.5, 0.6) is 0 Å².